The van der Waals surface area contributed by atoms with Crippen LogP contribution in [0.5, 0.6) is 0 Å². The fraction of sp³-hybridized carbons (Fsp3) is 0.455. The quantitative estimate of drug-likeness (QED) is 0.678. The minimum atomic E-state index is -0.846. The predicted molar refractivity (Wildman–Crippen MR) is 66.2 cm³/mol. The summed E-state index contributed by atoms with van der Waals surface area (Å²) in [7, 11) is 0. The number of carboxylic acids is 1. The molecule has 1 heterocycles. The Morgan fingerprint density at radius 3 is 2.71 bits per heavy atom. The molecule has 0 aliphatic carbocycles. The van der Waals surface area contributed by atoms with E-state index >= 15 is 0 Å². The molecule has 0 radical (unpaired) electrons. The first-order valence-corrected chi connectivity index (χ1v) is 6.18. The second kappa shape index (κ2) is 6.90. The maximum atomic E-state index is 11.3. The third-order valence-corrected chi connectivity index (χ3v) is 3.07. The van der Waals surface area contributed by atoms with E-state index in [0.717, 1.165) is 4.88 Å². The third kappa shape index (κ3) is 5.91. The number of carbonyl (C=O) groups excluding carboxylic acids is 1. The Hall–Kier alpha value is -1.56. The Balaban J connectivity index is 2.11. The van der Waals surface area contributed by atoms with Gasteiger partial charge in [0.05, 0.1) is 6.54 Å². The fourth-order valence-corrected chi connectivity index (χ4v) is 2.08. The van der Waals surface area contributed by atoms with Crippen LogP contribution in [-0.4, -0.2) is 23.7 Å². The molecule has 2 amide bonds. The van der Waals surface area contributed by atoms with E-state index in [-0.39, 0.29) is 12.5 Å². The van der Waals surface area contributed by atoms with Crippen LogP contribution in [0.3, 0.4) is 0 Å². The van der Waals surface area contributed by atoms with Crippen molar-refractivity contribution < 1.29 is 14.7 Å². The molecule has 1 aromatic heterocycles. The van der Waals surface area contributed by atoms with Crippen molar-refractivity contribution in [1.29, 1.82) is 0 Å². The number of thiophene rings is 1. The highest BCUT2D eigenvalue weighted by Gasteiger charge is 2.02. The maximum Gasteiger partial charge on any atom is 0.315 e. The number of urea groups is 1. The molecule has 5 nitrogen and oxygen atoms in total. The molecule has 0 fully saturated rings. The minimum absolute atomic E-state index is 0.0738. The summed E-state index contributed by atoms with van der Waals surface area (Å²) in [6, 6.07) is 3.72. The molecule has 1 rings (SSSR count). The number of carbonyl (C=O) groups is 2. The Morgan fingerprint density at radius 2 is 2.12 bits per heavy atom. The molecule has 6 heteroatoms. The highest BCUT2D eigenvalue weighted by atomic mass is 32.1. The van der Waals surface area contributed by atoms with Crippen LogP contribution >= 0.6 is 11.3 Å². The van der Waals surface area contributed by atoms with Crippen molar-refractivity contribution in [2.45, 2.75) is 26.3 Å². The molecule has 0 unspecified atom stereocenters. The lowest BCUT2D eigenvalue weighted by Gasteiger charge is -2.05. The second-order valence-electron chi connectivity index (χ2n) is 3.62. The van der Waals surface area contributed by atoms with E-state index in [1.54, 1.807) is 11.3 Å². The number of carboxylic acid groups (broad SMARTS) is 1. The van der Waals surface area contributed by atoms with E-state index in [2.05, 4.69) is 10.6 Å². The maximum absolute atomic E-state index is 11.3. The molecule has 0 bridgehead atoms. The van der Waals surface area contributed by atoms with Gasteiger partial charge in [-0.2, -0.15) is 0 Å². The van der Waals surface area contributed by atoms with Crippen molar-refractivity contribution in [3.8, 4) is 0 Å². The summed E-state index contributed by atoms with van der Waals surface area (Å²) >= 11 is 1.64. The number of nitrogens with one attached hydrogen (secondary N) is 2. The zero-order valence-corrected chi connectivity index (χ0v) is 10.5. The Labute approximate surface area is 104 Å². The summed E-state index contributed by atoms with van der Waals surface area (Å²) in [6.45, 7) is 2.89. The second-order valence-corrected chi connectivity index (χ2v) is 4.99. The zero-order chi connectivity index (χ0) is 12.7. The van der Waals surface area contributed by atoms with Crippen molar-refractivity contribution in [3.63, 3.8) is 0 Å². The summed E-state index contributed by atoms with van der Waals surface area (Å²) in [5.41, 5.74) is 0. The van der Waals surface area contributed by atoms with Gasteiger partial charge in [-0.15, -0.1) is 11.3 Å². The van der Waals surface area contributed by atoms with Gasteiger partial charge in [0.2, 0.25) is 0 Å². The summed E-state index contributed by atoms with van der Waals surface area (Å²) in [4.78, 5) is 23.8. The topological polar surface area (TPSA) is 78.4 Å². The van der Waals surface area contributed by atoms with Gasteiger partial charge < -0.3 is 15.7 Å². The van der Waals surface area contributed by atoms with Crippen LogP contribution in [0.1, 0.15) is 22.6 Å². The monoisotopic (exact) mass is 256 g/mol. The molecular weight excluding hydrogens is 240 g/mol. The SMILES string of the molecule is Cc1ccc(CNC(=O)NCCCC(=O)O)s1. The average molecular weight is 256 g/mol. The van der Waals surface area contributed by atoms with Crippen LogP contribution in [0.15, 0.2) is 12.1 Å². The van der Waals surface area contributed by atoms with Gasteiger partial charge in [0.1, 0.15) is 0 Å². The molecule has 94 valence electrons. The van der Waals surface area contributed by atoms with E-state index in [0.29, 0.717) is 19.5 Å². The van der Waals surface area contributed by atoms with Gasteiger partial charge in [0.25, 0.3) is 0 Å². The van der Waals surface area contributed by atoms with E-state index in [9.17, 15) is 9.59 Å². The van der Waals surface area contributed by atoms with E-state index in [4.69, 9.17) is 5.11 Å². The Morgan fingerprint density at radius 1 is 1.35 bits per heavy atom. The van der Waals surface area contributed by atoms with Gasteiger partial charge in [0, 0.05) is 22.7 Å². The highest BCUT2D eigenvalue weighted by Crippen LogP contribution is 2.14. The lowest BCUT2D eigenvalue weighted by Crippen LogP contribution is -2.35. The fourth-order valence-electron chi connectivity index (χ4n) is 1.25. The van der Waals surface area contributed by atoms with Gasteiger partial charge in [0.15, 0.2) is 0 Å². The normalized spacial score (nSPS) is 9.94. The number of amides is 2. The van der Waals surface area contributed by atoms with E-state index < -0.39 is 5.97 Å². The molecular formula is C11H16N2O3S. The highest BCUT2D eigenvalue weighted by molar-refractivity contribution is 7.11. The van der Waals surface area contributed by atoms with Crippen molar-refractivity contribution in [1.82, 2.24) is 10.6 Å². The lowest BCUT2D eigenvalue weighted by molar-refractivity contribution is -0.137. The first-order valence-electron chi connectivity index (χ1n) is 5.37. The summed E-state index contributed by atoms with van der Waals surface area (Å²) in [6.07, 6.45) is 0.519. The summed E-state index contributed by atoms with van der Waals surface area (Å²) < 4.78 is 0. The predicted octanol–water partition coefficient (Wildman–Crippen LogP) is 1.72. The Kier molecular flexibility index (Phi) is 5.48. The van der Waals surface area contributed by atoms with Gasteiger partial charge in [-0.1, -0.05) is 0 Å². The van der Waals surface area contributed by atoms with Crippen molar-refractivity contribution in [3.05, 3.63) is 21.9 Å². The number of hydrogen-bond donors (Lipinski definition) is 3. The van der Waals surface area contributed by atoms with Crippen LogP contribution in [0.4, 0.5) is 4.79 Å². The molecule has 0 aliphatic heterocycles. The van der Waals surface area contributed by atoms with Crippen LogP contribution in [0.2, 0.25) is 0 Å². The molecule has 0 saturated heterocycles. The van der Waals surface area contributed by atoms with E-state index in [1.807, 2.05) is 19.1 Å². The number of aryl methyl sites for hydroxylation is 1. The number of aliphatic carboxylic acids is 1. The molecule has 0 spiro atoms. The summed E-state index contributed by atoms with van der Waals surface area (Å²) in [5.74, 6) is -0.846. The van der Waals surface area contributed by atoms with Gasteiger partial charge in [-0.05, 0) is 25.5 Å². The molecule has 1 aromatic rings. The first-order chi connectivity index (χ1) is 8.08. The van der Waals surface area contributed by atoms with Gasteiger partial charge >= 0.3 is 12.0 Å². The lowest BCUT2D eigenvalue weighted by atomic mass is 10.3. The molecule has 17 heavy (non-hydrogen) atoms. The van der Waals surface area contributed by atoms with E-state index in [1.165, 1.54) is 4.88 Å². The zero-order valence-electron chi connectivity index (χ0n) is 9.66. The molecule has 0 aliphatic rings. The Bertz CT molecular complexity index is 390. The van der Waals surface area contributed by atoms with Crippen LogP contribution in [0, 0.1) is 6.92 Å². The van der Waals surface area contributed by atoms with Crippen LogP contribution in [0.25, 0.3) is 0 Å². The van der Waals surface area contributed by atoms with Crippen LogP contribution < -0.4 is 10.6 Å². The molecule has 0 atom stereocenters. The van der Waals surface area contributed by atoms with Crippen molar-refractivity contribution in [2.75, 3.05) is 6.54 Å². The van der Waals surface area contributed by atoms with Crippen LogP contribution in [-0.2, 0) is 11.3 Å². The number of rotatable bonds is 6. The van der Waals surface area contributed by atoms with Gasteiger partial charge in [-0.3, -0.25) is 4.79 Å². The molecule has 0 aromatic carbocycles. The molecule has 3 N–H and O–H groups in total. The third-order valence-electron chi connectivity index (χ3n) is 2.07. The van der Waals surface area contributed by atoms with Crippen molar-refractivity contribution >= 4 is 23.3 Å². The minimum Gasteiger partial charge on any atom is -0.481 e. The largest absolute Gasteiger partial charge is 0.481 e. The number of hydrogen-bond acceptors (Lipinski definition) is 3. The molecule has 0 saturated carbocycles. The smallest absolute Gasteiger partial charge is 0.315 e. The average Bonchev–Trinajstić information content (AvgIpc) is 2.67. The van der Waals surface area contributed by atoms with Crippen molar-refractivity contribution in [2.24, 2.45) is 0 Å². The first kappa shape index (κ1) is 13.5. The summed E-state index contributed by atoms with van der Waals surface area (Å²) in [5, 5.41) is 13.7. The van der Waals surface area contributed by atoms with Gasteiger partial charge in [-0.25, -0.2) is 4.79 Å². The standard InChI is InChI=1S/C11H16N2O3S/c1-8-4-5-9(17-8)7-13-11(16)12-6-2-3-10(14)15/h4-5H,2-3,6-7H2,1H3,(H,14,15)(H2,12,13,16).